The van der Waals surface area contributed by atoms with Gasteiger partial charge >= 0.3 is 11.9 Å². The average Bonchev–Trinajstić information content (AvgIpc) is 3.15. The van der Waals surface area contributed by atoms with Crippen molar-refractivity contribution in [3.63, 3.8) is 0 Å². The van der Waals surface area contributed by atoms with Crippen LogP contribution in [0.5, 0.6) is 11.5 Å². The fourth-order valence-electron chi connectivity index (χ4n) is 5.04. The number of ether oxygens (including phenoxy) is 2. The number of pyridine rings is 2. The quantitative estimate of drug-likeness (QED) is 0.106. The maximum Gasteiger partial charge on any atom is 0.339 e. The summed E-state index contributed by atoms with van der Waals surface area (Å²) < 4.78 is 54.4. The second-order valence-electron chi connectivity index (χ2n) is 11.3. The predicted molar refractivity (Wildman–Crippen MR) is 198 cm³/mol. The van der Waals surface area contributed by atoms with E-state index in [1.165, 1.54) is 37.7 Å². The molecule has 0 unspecified atom stereocenters. The molecule has 14 heteroatoms. The lowest BCUT2D eigenvalue weighted by Gasteiger charge is -2.12. The van der Waals surface area contributed by atoms with Gasteiger partial charge in [-0.25, -0.2) is 32.7 Å². The number of carboxylic acid groups (broad SMARTS) is 2. The third-order valence-corrected chi connectivity index (χ3v) is 8.09. The third-order valence-electron chi connectivity index (χ3n) is 7.65. The van der Waals surface area contributed by atoms with Crippen molar-refractivity contribution in [2.75, 3.05) is 24.9 Å². The Kier molecular flexibility index (Phi) is 11.9. The summed E-state index contributed by atoms with van der Waals surface area (Å²) in [6, 6.07) is 23.8. The number of anilines is 4. The van der Waals surface area contributed by atoms with E-state index in [-0.39, 0.29) is 28.5 Å². The number of aromatic nitrogens is 2. The number of carbonyl (C=O) groups is 2. The summed E-state index contributed by atoms with van der Waals surface area (Å²) in [4.78, 5) is 30.7. The van der Waals surface area contributed by atoms with Crippen LogP contribution in [0.1, 0.15) is 26.3 Å². The number of halogens is 4. The van der Waals surface area contributed by atoms with E-state index >= 15 is 0 Å². The van der Waals surface area contributed by atoms with Gasteiger partial charge < -0.3 is 30.3 Å². The van der Waals surface area contributed by atoms with Crippen LogP contribution >= 0.6 is 15.9 Å². The fourth-order valence-corrected chi connectivity index (χ4v) is 5.37. The summed E-state index contributed by atoms with van der Waals surface area (Å²) in [5.41, 5.74) is 2.53. The van der Waals surface area contributed by atoms with E-state index in [1.807, 2.05) is 24.3 Å². The van der Waals surface area contributed by atoms with Gasteiger partial charge in [0.25, 0.3) is 0 Å². The number of methoxy groups -OCH3 is 2. The maximum atomic E-state index is 14.6. The normalized spacial score (nSPS) is 10.5. The van der Waals surface area contributed by atoms with E-state index in [0.717, 1.165) is 17.7 Å². The van der Waals surface area contributed by atoms with Crippen LogP contribution in [0.15, 0.2) is 108 Å². The third kappa shape index (κ3) is 9.28. The summed E-state index contributed by atoms with van der Waals surface area (Å²) in [6.45, 7) is 1.74. The molecular weight excluding hydrogens is 757 g/mol. The summed E-state index contributed by atoms with van der Waals surface area (Å²) >= 11 is 3.11. The monoisotopic (exact) mass is 786 g/mol. The van der Waals surface area contributed by atoms with E-state index in [9.17, 15) is 33.0 Å². The molecular formula is C39H30BrF3N4O6. The number of rotatable bonds is 10. The first-order chi connectivity index (χ1) is 25.4. The molecule has 0 saturated carbocycles. The number of carboxylic acids is 2. The molecule has 2 heterocycles. The first-order valence-corrected chi connectivity index (χ1v) is 16.4. The Bertz CT molecular complexity index is 2300. The number of nitrogens with zero attached hydrogens (tertiary/aromatic N) is 2. The second-order valence-corrected chi connectivity index (χ2v) is 12.2. The van der Waals surface area contributed by atoms with Crippen LogP contribution in [0.4, 0.5) is 36.2 Å². The largest absolute Gasteiger partial charge is 0.497 e. The summed E-state index contributed by atoms with van der Waals surface area (Å²) in [7, 11) is 3.07. The van der Waals surface area contributed by atoms with Crippen molar-refractivity contribution >= 4 is 50.9 Å². The highest BCUT2D eigenvalue weighted by atomic mass is 79.9. The molecule has 0 atom stereocenters. The topological polar surface area (TPSA) is 143 Å². The lowest BCUT2D eigenvalue weighted by atomic mass is 10.0. The number of nitrogens with one attached hydrogen (secondary N) is 2. The molecule has 270 valence electrons. The molecule has 0 spiro atoms. The SMILES string of the molecule is COc1cccc(-c2cc(F)c(Nc3ncc(Br)cc3C(=O)O)c(F)c2)c1.COc1cccc(-c2ccc(Nc3ncc(C)cc3C(=O)O)c(F)c2)c1. The van der Waals surface area contributed by atoms with Crippen molar-refractivity contribution in [3.8, 4) is 33.8 Å². The summed E-state index contributed by atoms with van der Waals surface area (Å²) in [5, 5.41) is 23.7. The number of benzene rings is 4. The van der Waals surface area contributed by atoms with Gasteiger partial charge in [0.1, 0.15) is 57.4 Å². The molecule has 53 heavy (non-hydrogen) atoms. The highest BCUT2D eigenvalue weighted by Crippen LogP contribution is 2.32. The highest BCUT2D eigenvalue weighted by Gasteiger charge is 2.18. The molecule has 2 aromatic heterocycles. The molecule has 0 amide bonds. The van der Waals surface area contributed by atoms with Crippen LogP contribution in [-0.2, 0) is 0 Å². The molecule has 0 aliphatic rings. The van der Waals surface area contributed by atoms with Gasteiger partial charge in [-0.2, -0.15) is 0 Å². The van der Waals surface area contributed by atoms with E-state index < -0.39 is 35.1 Å². The fraction of sp³-hybridized carbons (Fsp3) is 0.0769. The molecule has 4 N–H and O–H groups in total. The van der Waals surface area contributed by atoms with Crippen molar-refractivity contribution in [2.24, 2.45) is 0 Å². The first kappa shape index (κ1) is 37.8. The number of aryl methyl sites for hydroxylation is 1. The predicted octanol–water partition coefficient (Wildman–Crippen LogP) is 9.89. The minimum absolute atomic E-state index is 0.0127. The average molecular weight is 788 g/mol. The van der Waals surface area contributed by atoms with E-state index in [4.69, 9.17) is 9.47 Å². The van der Waals surface area contributed by atoms with Gasteiger partial charge in [-0.1, -0.05) is 30.3 Å². The Hall–Kier alpha value is -6.41. The molecule has 10 nitrogen and oxygen atoms in total. The van der Waals surface area contributed by atoms with Crippen molar-refractivity contribution in [1.82, 2.24) is 9.97 Å². The molecule has 6 aromatic rings. The van der Waals surface area contributed by atoms with Crippen LogP contribution in [0.3, 0.4) is 0 Å². The van der Waals surface area contributed by atoms with E-state index in [0.29, 0.717) is 38.2 Å². The molecule has 0 aliphatic carbocycles. The minimum Gasteiger partial charge on any atom is -0.497 e. The second kappa shape index (κ2) is 16.7. The number of aromatic carboxylic acids is 2. The van der Waals surface area contributed by atoms with Crippen molar-refractivity contribution in [1.29, 1.82) is 0 Å². The zero-order valence-corrected chi connectivity index (χ0v) is 29.8. The van der Waals surface area contributed by atoms with Crippen LogP contribution in [0.25, 0.3) is 22.3 Å². The Labute approximate surface area is 310 Å². The Morgan fingerprint density at radius 1 is 0.642 bits per heavy atom. The zero-order valence-electron chi connectivity index (χ0n) is 28.2. The van der Waals surface area contributed by atoms with Crippen LogP contribution < -0.4 is 20.1 Å². The van der Waals surface area contributed by atoms with Crippen molar-refractivity contribution in [2.45, 2.75) is 6.92 Å². The lowest BCUT2D eigenvalue weighted by Crippen LogP contribution is -2.07. The standard InChI is InChI=1S/C20H17FN2O3.C19H13BrF2N2O3/c1-12-8-16(20(24)25)19(22-11-12)23-18-7-6-14(10-17(18)21)13-4-3-5-15(9-13)26-2;1-27-13-4-2-3-10(5-13)11-6-15(21)17(16(22)7-11)24-18-14(19(25)26)8-12(20)9-23-18/h3-11H,1-2H3,(H,22,23)(H,24,25);2-9H,1H3,(H,23,24)(H,25,26). The molecule has 0 fully saturated rings. The smallest absolute Gasteiger partial charge is 0.339 e. The zero-order chi connectivity index (χ0) is 38.2. The lowest BCUT2D eigenvalue weighted by molar-refractivity contribution is 0.0686. The Balaban J connectivity index is 0.000000204. The molecule has 4 aromatic carbocycles. The Morgan fingerprint density at radius 3 is 1.72 bits per heavy atom. The van der Waals surface area contributed by atoms with Gasteiger partial charge in [-0.15, -0.1) is 0 Å². The molecule has 6 rings (SSSR count). The molecule has 0 aliphatic heterocycles. The van der Waals surface area contributed by atoms with Crippen LogP contribution in [0, 0.1) is 24.4 Å². The van der Waals surface area contributed by atoms with Gasteiger partial charge in [0, 0.05) is 16.9 Å². The number of hydrogen-bond acceptors (Lipinski definition) is 8. The maximum absolute atomic E-state index is 14.6. The van der Waals surface area contributed by atoms with Gasteiger partial charge in [0.05, 0.1) is 19.9 Å². The van der Waals surface area contributed by atoms with Crippen molar-refractivity contribution in [3.05, 3.63) is 142 Å². The highest BCUT2D eigenvalue weighted by molar-refractivity contribution is 9.10. The van der Waals surface area contributed by atoms with Gasteiger partial charge in [-0.3, -0.25) is 0 Å². The number of hydrogen-bond donors (Lipinski definition) is 4. The molecule has 0 saturated heterocycles. The van der Waals surface area contributed by atoms with E-state index in [2.05, 4.69) is 36.5 Å². The van der Waals surface area contributed by atoms with Crippen LogP contribution in [0.2, 0.25) is 0 Å². The van der Waals surface area contributed by atoms with Crippen LogP contribution in [-0.4, -0.2) is 46.3 Å². The first-order valence-electron chi connectivity index (χ1n) is 15.6. The molecule has 0 bridgehead atoms. The molecule has 0 radical (unpaired) electrons. The summed E-state index contributed by atoms with van der Waals surface area (Å²) in [6.07, 6.45) is 2.85. The van der Waals surface area contributed by atoms with Gasteiger partial charge in [0.15, 0.2) is 0 Å². The minimum atomic E-state index is -1.28. The Morgan fingerprint density at radius 2 is 1.15 bits per heavy atom. The van der Waals surface area contributed by atoms with Crippen molar-refractivity contribution < 1.29 is 42.4 Å². The van der Waals surface area contributed by atoms with E-state index in [1.54, 1.807) is 50.4 Å². The van der Waals surface area contributed by atoms with Gasteiger partial charge in [0.2, 0.25) is 0 Å². The van der Waals surface area contributed by atoms with Gasteiger partial charge in [-0.05, 0) is 111 Å². The summed E-state index contributed by atoms with van der Waals surface area (Å²) in [5.74, 6) is -3.52.